The second-order valence-corrected chi connectivity index (χ2v) is 6.64. The highest BCUT2D eigenvalue weighted by molar-refractivity contribution is 5.95. The average Bonchev–Trinajstić information content (AvgIpc) is 3.15. The Morgan fingerprint density at radius 2 is 2.16 bits per heavy atom. The minimum absolute atomic E-state index is 0.0364. The number of rotatable bonds is 6. The molecule has 1 aromatic heterocycles. The molecule has 2 heterocycles. The van der Waals surface area contributed by atoms with Crippen molar-refractivity contribution in [1.29, 1.82) is 0 Å². The van der Waals surface area contributed by atoms with Crippen molar-refractivity contribution in [2.75, 3.05) is 20.2 Å². The van der Waals surface area contributed by atoms with Gasteiger partial charge < -0.3 is 9.64 Å². The van der Waals surface area contributed by atoms with E-state index in [9.17, 15) is 4.79 Å². The Bertz CT molecular complexity index is 709. The fourth-order valence-electron chi connectivity index (χ4n) is 3.11. The molecule has 1 aliphatic heterocycles. The molecule has 1 saturated heterocycles. The van der Waals surface area contributed by atoms with Crippen molar-refractivity contribution in [2.24, 2.45) is 0 Å². The average molecular weight is 339 g/mol. The summed E-state index contributed by atoms with van der Waals surface area (Å²) >= 11 is 0. The quantitative estimate of drug-likeness (QED) is 0.808. The standard InChI is InChI=1S/C20H25N3O2/c1-15-10-11-19(22-21-15)16-6-3-7-17(14-16)20(24)23(2)12-4-8-18-9-5-13-25-18/h3,6-7,10-11,14,18H,4-5,8-9,12-13H2,1-2H3. The molecule has 5 heteroatoms. The summed E-state index contributed by atoms with van der Waals surface area (Å²) < 4.78 is 5.64. The van der Waals surface area contributed by atoms with E-state index in [1.807, 2.05) is 50.4 Å². The molecule has 1 aromatic carbocycles. The molecule has 0 aliphatic carbocycles. The number of hydrogen-bond donors (Lipinski definition) is 0. The third-order valence-electron chi connectivity index (χ3n) is 4.59. The van der Waals surface area contributed by atoms with Gasteiger partial charge in [-0.05, 0) is 56.9 Å². The van der Waals surface area contributed by atoms with Crippen LogP contribution in [-0.2, 0) is 4.74 Å². The molecule has 25 heavy (non-hydrogen) atoms. The number of hydrogen-bond acceptors (Lipinski definition) is 4. The normalized spacial score (nSPS) is 16.8. The Labute approximate surface area is 149 Å². The smallest absolute Gasteiger partial charge is 0.253 e. The molecular weight excluding hydrogens is 314 g/mol. The molecule has 1 atom stereocenters. The van der Waals surface area contributed by atoms with Crippen LogP contribution in [0.25, 0.3) is 11.3 Å². The van der Waals surface area contributed by atoms with Crippen LogP contribution in [0.2, 0.25) is 0 Å². The lowest BCUT2D eigenvalue weighted by atomic mass is 10.1. The van der Waals surface area contributed by atoms with Gasteiger partial charge in [0.25, 0.3) is 5.91 Å². The van der Waals surface area contributed by atoms with Crippen LogP contribution in [0.4, 0.5) is 0 Å². The first-order valence-corrected chi connectivity index (χ1v) is 8.91. The Morgan fingerprint density at radius 1 is 1.28 bits per heavy atom. The van der Waals surface area contributed by atoms with Gasteiger partial charge in [-0.2, -0.15) is 10.2 Å². The predicted octanol–water partition coefficient (Wildman–Crippen LogP) is 3.48. The Hall–Kier alpha value is -2.27. The van der Waals surface area contributed by atoms with Gasteiger partial charge in [0, 0.05) is 31.3 Å². The van der Waals surface area contributed by atoms with E-state index in [1.165, 1.54) is 0 Å². The van der Waals surface area contributed by atoms with Crippen molar-refractivity contribution in [1.82, 2.24) is 15.1 Å². The van der Waals surface area contributed by atoms with Gasteiger partial charge in [-0.25, -0.2) is 0 Å². The third kappa shape index (κ3) is 4.63. The van der Waals surface area contributed by atoms with E-state index in [1.54, 1.807) is 4.90 Å². The lowest BCUT2D eigenvalue weighted by Gasteiger charge is -2.18. The second-order valence-electron chi connectivity index (χ2n) is 6.64. The maximum absolute atomic E-state index is 12.7. The van der Waals surface area contributed by atoms with Crippen LogP contribution in [-0.4, -0.2) is 47.3 Å². The summed E-state index contributed by atoms with van der Waals surface area (Å²) in [6.45, 7) is 3.53. The minimum Gasteiger partial charge on any atom is -0.378 e. The van der Waals surface area contributed by atoms with Gasteiger partial charge in [0.05, 0.1) is 17.5 Å². The Kier molecular flexibility index (Phi) is 5.76. The van der Waals surface area contributed by atoms with Crippen LogP contribution < -0.4 is 0 Å². The first-order chi connectivity index (χ1) is 12.1. The van der Waals surface area contributed by atoms with E-state index >= 15 is 0 Å². The summed E-state index contributed by atoms with van der Waals surface area (Å²) in [7, 11) is 1.86. The molecule has 1 fully saturated rings. The summed E-state index contributed by atoms with van der Waals surface area (Å²) in [4.78, 5) is 14.5. The fourth-order valence-corrected chi connectivity index (χ4v) is 3.11. The van der Waals surface area contributed by atoms with E-state index in [0.29, 0.717) is 11.7 Å². The third-order valence-corrected chi connectivity index (χ3v) is 4.59. The minimum atomic E-state index is 0.0364. The lowest BCUT2D eigenvalue weighted by Crippen LogP contribution is -2.28. The van der Waals surface area contributed by atoms with E-state index in [4.69, 9.17) is 4.74 Å². The van der Waals surface area contributed by atoms with Gasteiger partial charge in [-0.15, -0.1) is 0 Å². The van der Waals surface area contributed by atoms with E-state index < -0.39 is 0 Å². The Balaban J connectivity index is 1.61. The summed E-state index contributed by atoms with van der Waals surface area (Å²) in [6.07, 6.45) is 4.69. The SMILES string of the molecule is Cc1ccc(-c2cccc(C(=O)N(C)CCCC3CCCO3)c2)nn1. The van der Waals surface area contributed by atoms with Crippen LogP contribution in [0.5, 0.6) is 0 Å². The number of aryl methyl sites for hydroxylation is 1. The molecular formula is C20H25N3O2. The molecule has 0 spiro atoms. The molecule has 0 bridgehead atoms. The van der Waals surface area contributed by atoms with Crippen molar-refractivity contribution in [3.63, 3.8) is 0 Å². The van der Waals surface area contributed by atoms with Crippen LogP contribution >= 0.6 is 0 Å². The number of aromatic nitrogens is 2. The molecule has 0 N–H and O–H groups in total. The zero-order valence-corrected chi connectivity index (χ0v) is 14.9. The molecule has 3 rings (SSSR count). The first kappa shape index (κ1) is 17.5. The van der Waals surface area contributed by atoms with Gasteiger partial charge in [-0.1, -0.05) is 12.1 Å². The van der Waals surface area contributed by atoms with Crippen molar-refractivity contribution < 1.29 is 9.53 Å². The number of ether oxygens (including phenoxy) is 1. The molecule has 0 saturated carbocycles. The van der Waals surface area contributed by atoms with Crippen molar-refractivity contribution in [3.05, 3.63) is 47.7 Å². The van der Waals surface area contributed by atoms with Gasteiger partial charge in [0.1, 0.15) is 0 Å². The topological polar surface area (TPSA) is 55.3 Å². The molecule has 2 aromatic rings. The number of benzene rings is 1. The van der Waals surface area contributed by atoms with Crippen molar-refractivity contribution in [2.45, 2.75) is 38.7 Å². The zero-order valence-electron chi connectivity index (χ0n) is 14.9. The van der Waals surface area contributed by atoms with Crippen LogP contribution in [0, 0.1) is 6.92 Å². The molecule has 0 radical (unpaired) electrons. The van der Waals surface area contributed by atoms with Gasteiger partial charge in [-0.3, -0.25) is 4.79 Å². The van der Waals surface area contributed by atoms with E-state index in [2.05, 4.69) is 10.2 Å². The van der Waals surface area contributed by atoms with E-state index in [0.717, 1.165) is 55.8 Å². The highest BCUT2D eigenvalue weighted by atomic mass is 16.5. The molecule has 5 nitrogen and oxygen atoms in total. The van der Waals surface area contributed by atoms with Crippen LogP contribution in [0.15, 0.2) is 36.4 Å². The zero-order chi connectivity index (χ0) is 17.6. The van der Waals surface area contributed by atoms with Crippen molar-refractivity contribution in [3.8, 4) is 11.3 Å². The molecule has 1 unspecified atom stereocenters. The van der Waals surface area contributed by atoms with Crippen LogP contribution in [0.1, 0.15) is 41.7 Å². The highest BCUT2D eigenvalue weighted by Crippen LogP contribution is 2.19. The highest BCUT2D eigenvalue weighted by Gasteiger charge is 2.17. The number of carbonyl (C=O) groups excluding carboxylic acids is 1. The molecule has 1 aliphatic rings. The van der Waals surface area contributed by atoms with Gasteiger partial charge in [0.2, 0.25) is 0 Å². The summed E-state index contributed by atoms with van der Waals surface area (Å²) in [5, 5.41) is 8.28. The molecule has 132 valence electrons. The number of carbonyl (C=O) groups is 1. The van der Waals surface area contributed by atoms with Gasteiger partial charge >= 0.3 is 0 Å². The summed E-state index contributed by atoms with van der Waals surface area (Å²) in [6, 6.07) is 11.4. The second kappa shape index (κ2) is 8.21. The van der Waals surface area contributed by atoms with E-state index in [-0.39, 0.29) is 5.91 Å². The number of amides is 1. The maximum Gasteiger partial charge on any atom is 0.253 e. The maximum atomic E-state index is 12.7. The Morgan fingerprint density at radius 3 is 2.88 bits per heavy atom. The van der Waals surface area contributed by atoms with Gasteiger partial charge in [0.15, 0.2) is 0 Å². The first-order valence-electron chi connectivity index (χ1n) is 8.91. The lowest BCUT2D eigenvalue weighted by molar-refractivity contribution is 0.0763. The monoisotopic (exact) mass is 339 g/mol. The largest absolute Gasteiger partial charge is 0.378 e. The summed E-state index contributed by atoms with van der Waals surface area (Å²) in [5.41, 5.74) is 3.24. The summed E-state index contributed by atoms with van der Waals surface area (Å²) in [5.74, 6) is 0.0364. The predicted molar refractivity (Wildman–Crippen MR) is 97.4 cm³/mol. The van der Waals surface area contributed by atoms with Crippen LogP contribution in [0.3, 0.4) is 0 Å². The van der Waals surface area contributed by atoms with Crippen molar-refractivity contribution >= 4 is 5.91 Å². The molecule has 1 amide bonds. The number of nitrogens with zero attached hydrogens (tertiary/aromatic N) is 3. The fraction of sp³-hybridized carbons (Fsp3) is 0.450.